The fourth-order valence-electron chi connectivity index (χ4n) is 1.68. The highest BCUT2D eigenvalue weighted by Crippen LogP contribution is 2.25. The SMILES string of the molecule is CCCOc1cc(N)cc(NC(C)c2nn[nH]n2)c1. The lowest BCUT2D eigenvalue weighted by molar-refractivity contribution is 0.318. The normalized spacial score (nSPS) is 12.1. The maximum Gasteiger partial charge on any atom is 0.196 e. The molecule has 0 saturated carbocycles. The maximum absolute atomic E-state index is 5.86. The van der Waals surface area contributed by atoms with Crippen LogP contribution in [0.2, 0.25) is 0 Å². The van der Waals surface area contributed by atoms with Gasteiger partial charge in [-0.1, -0.05) is 12.1 Å². The quantitative estimate of drug-likeness (QED) is 0.685. The molecule has 1 aromatic carbocycles. The van der Waals surface area contributed by atoms with Crippen molar-refractivity contribution in [1.29, 1.82) is 0 Å². The van der Waals surface area contributed by atoms with Gasteiger partial charge in [0.15, 0.2) is 5.82 Å². The molecule has 2 aromatic rings. The van der Waals surface area contributed by atoms with Crippen molar-refractivity contribution < 1.29 is 4.74 Å². The first-order valence-corrected chi connectivity index (χ1v) is 6.22. The van der Waals surface area contributed by atoms with E-state index in [1.54, 1.807) is 6.07 Å². The average Bonchev–Trinajstić information content (AvgIpc) is 2.89. The van der Waals surface area contributed by atoms with E-state index in [0.717, 1.165) is 17.9 Å². The van der Waals surface area contributed by atoms with Crippen LogP contribution in [0.1, 0.15) is 32.1 Å². The number of benzene rings is 1. The third-order valence-corrected chi connectivity index (χ3v) is 2.53. The van der Waals surface area contributed by atoms with Crippen LogP contribution in [0, 0.1) is 0 Å². The number of ether oxygens (including phenoxy) is 1. The smallest absolute Gasteiger partial charge is 0.196 e. The first kappa shape index (κ1) is 13.1. The standard InChI is InChI=1S/C12H18N6O/c1-3-4-19-11-6-9(13)5-10(7-11)14-8(2)12-15-17-18-16-12/h5-8,14H,3-4,13H2,1-2H3,(H,15,16,17,18). The molecular weight excluding hydrogens is 244 g/mol. The van der Waals surface area contributed by atoms with Crippen LogP contribution in [0.3, 0.4) is 0 Å². The van der Waals surface area contributed by atoms with Crippen LogP contribution in [0.25, 0.3) is 0 Å². The highest BCUT2D eigenvalue weighted by Gasteiger charge is 2.10. The maximum atomic E-state index is 5.86. The number of hydrogen-bond donors (Lipinski definition) is 3. The molecule has 0 aliphatic heterocycles. The molecule has 7 nitrogen and oxygen atoms in total. The number of nitrogen functional groups attached to an aromatic ring is 1. The second-order valence-corrected chi connectivity index (χ2v) is 4.28. The predicted molar refractivity (Wildman–Crippen MR) is 72.9 cm³/mol. The third-order valence-electron chi connectivity index (χ3n) is 2.53. The molecule has 7 heteroatoms. The molecule has 0 aliphatic carbocycles. The van der Waals surface area contributed by atoms with Gasteiger partial charge in [0.05, 0.1) is 12.6 Å². The summed E-state index contributed by atoms with van der Waals surface area (Å²) in [7, 11) is 0. The van der Waals surface area contributed by atoms with Crippen molar-refractivity contribution in [3.8, 4) is 5.75 Å². The van der Waals surface area contributed by atoms with Gasteiger partial charge in [-0.05, 0) is 19.4 Å². The Morgan fingerprint density at radius 2 is 2.26 bits per heavy atom. The molecule has 1 unspecified atom stereocenters. The Balaban J connectivity index is 2.09. The largest absolute Gasteiger partial charge is 0.493 e. The second kappa shape index (κ2) is 6.03. The van der Waals surface area contributed by atoms with Gasteiger partial charge < -0.3 is 15.8 Å². The van der Waals surface area contributed by atoms with Crippen LogP contribution < -0.4 is 15.8 Å². The number of nitrogens with one attached hydrogen (secondary N) is 2. The Labute approximate surface area is 111 Å². The van der Waals surface area contributed by atoms with E-state index in [0.29, 0.717) is 18.1 Å². The Morgan fingerprint density at radius 3 is 2.95 bits per heavy atom. The van der Waals surface area contributed by atoms with Crippen molar-refractivity contribution in [2.45, 2.75) is 26.3 Å². The highest BCUT2D eigenvalue weighted by atomic mass is 16.5. The molecule has 4 N–H and O–H groups in total. The first-order valence-electron chi connectivity index (χ1n) is 6.22. The van der Waals surface area contributed by atoms with E-state index in [-0.39, 0.29) is 6.04 Å². The van der Waals surface area contributed by atoms with Crippen molar-refractivity contribution in [3.05, 3.63) is 24.0 Å². The van der Waals surface area contributed by atoms with Gasteiger partial charge >= 0.3 is 0 Å². The van der Waals surface area contributed by atoms with Gasteiger partial charge in [-0.15, -0.1) is 10.2 Å². The minimum absolute atomic E-state index is 0.0698. The number of anilines is 2. The topological polar surface area (TPSA) is 102 Å². The minimum atomic E-state index is -0.0698. The highest BCUT2D eigenvalue weighted by molar-refractivity contribution is 5.59. The van der Waals surface area contributed by atoms with E-state index in [9.17, 15) is 0 Å². The number of aromatic nitrogens is 4. The summed E-state index contributed by atoms with van der Waals surface area (Å²) in [4.78, 5) is 0. The van der Waals surface area contributed by atoms with Gasteiger partial charge in [-0.25, -0.2) is 0 Å². The second-order valence-electron chi connectivity index (χ2n) is 4.28. The summed E-state index contributed by atoms with van der Waals surface area (Å²) in [6.07, 6.45) is 0.955. The predicted octanol–water partition coefficient (Wildman–Crippen LogP) is 1.74. The fraction of sp³-hybridized carbons (Fsp3) is 0.417. The minimum Gasteiger partial charge on any atom is -0.493 e. The first-order chi connectivity index (χ1) is 9.19. The van der Waals surface area contributed by atoms with Crippen molar-refractivity contribution in [1.82, 2.24) is 20.6 Å². The van der Waals surface area contributed by atoms with Crippen LogP contribution in [-0.2, 0) is 0 Å². The number of H-pyrrole nitrogens is 1. The summed E-state index contributed by atoms with van der Waals surface area (Å²) in [5, 5.41) is 17.1. The van der Waals surface area contributed by atoms with Crippen molar-refractivity contribution in [2.24, 2.45) is 0 Å². The van der Waals surface area contributed by atoms with Crippen molar-refractivity contribution in [3.63, 3.8) is 0 Å². The van der Waals surface area contributed by atoms with Crippen LogP contribution in [0.15, 0.2) is 18.2 Å². The lowest BCUT2D eigenvalue weighted by atomic mass is 10.2. The summed E-state index contributed by atoms with van der Waals surface area (Å²) in [6.45, 7) is 4.67. The molecule has 102 valence electrons. The summed E-state index contributed by atoms with van der Waals surface area (Å²) >= 11 is 0. The van der Waals surface area contributed by atoms with E-state index in [1.807, 2.05) is 19.1 Å². The Hall–Kier alpha value is -2.31. The number of hydrogen-bond acceptors (Lipinski definition) is 6. The summed E-state index contributed by atoms with van der Waals surface area (Å²) < 4.78 is 5.58. The molecule has 1 heterocycles. The lowest BCUT2D eigenvalue weighted by Gasteiger charge is -2.14. The van der Waals surface area contributed by atoms with Gasteiger partial charge in [0.25, 0.3) is 0 Å². The molecule has 1 atom stereocenters. The van der Waals surface area contributed by atoms with Gasteiger partial charge in [0.2, 0.25) is 0 Å². The van der Waals surface area contributed by atoms with Gasteiger partial charge in [-0.2, -0.15) is 5.21 Å². The summed E-state index contributed by atoms with van der Waals surface area (Å²) in [5.74, 6) is 1.35. The molecule has 1 aromatic heterocycles. The monoisotopic (exact) mass is 262 g/mol. The Morgan fingerprint density at radius 1 is 1.42 bits per heavy atom. The number of nitrogens with zero attached hydrogens (tertiary/aromatic N) is 3. The van der Waals surface area contributed by atoms with Gasteiger partial charge in [0, 0.05) is 23.5 Å². The summed E-state index contributed by atoms with van der Waals surface area (Å²) in [5.41, 5.74) is 7.37. The molecule has 0 amide bonds. The van der Waals surface area contributed by atoms with Crippen LogP contribution >= 0.6 is 0 Å². The van der Waals surface area contributed by atoms with E-state index in [4.69, 9.17) is 10.5 Å². The molecule has 19 heavy (non-hydrogen) atoms. The van der Waals surface area contributed by atoms with Crippen molar-refractivity contribution >= 4 is 11.4 Å². The van der Waals surface area contributed by atoms with E-state index in [2.05, 4.69) is 32.9 Å². The van der Waals surface area contributed by atoms with Gasteiger partial charge in [-0.3, -0.25) is 0 Å². The molecule has 0 fully saturated rings. The van der Waals surface area contributed by atoms with E-state index in [1.165, 1.54) is 0 Å². The van der Waals surface area contributed by atoms with E-state index < -0.39 is 0 Å². The number of nitrogens with two attached hydrogens (primary N) is 1. The van der Waals surface area contributed by atoms with E-state index >= 15 is 0 Å². The number of tetrazole rings is 1. The zero-order valence-electron chi connectivity index (χ0n) is 11.1. The zero-order valence-corrected chi connectivity index (χ0v) is 11.1. The van der Waals surface area contributed by atoms with Crippen LogP contribution in [0.5, 0.6) is 5.75 Å². The fourth-order valence-corrected chi connectivity index (χ4v) is 1.68. The molecule has 0 spiro atoms. The average molecular weight is 262 g/mol. The molecular formula is C12H18N6O. The third kappa shape index (κ3) is 3.57. The molecule has 0 saturated heterocycles. The van der Waals surface area contributed by atoms with Crippen molar-refractivity contribution in [2.75, 3.05) is 17.7 Å². The number of rotatable bonds is 6. The zero-order chi connectivity index (χ0) is 13.7. The molecule has 0 radical (unpaired) electrons. The van der Waals surface area contributed by atoms with Crippen LogP contribution in [-0.4, -0.2) is 27.2 Å². The molecule has 2 rings (SSSR count). The Kier molecular flexibility index (Phi) is 4.17. The Bertz CT molecular complexity index is 513. The molecule has 0 aliphatic rings. The lowest BCUT2D eigenvalue weighted by Crippen LogP contribution is -2.09. The number of aromatic amines is 1. The van der Waals surface area contributed by atoms with Crippen LogP contribution in [0.4, 0.5) is 11.4 Å². The van der Waals surface area contributed by atoms with Gasteiger partial charge in [0.1, 0.15) is 5.75 Å². The molecule has 0 bridgehead atoms. The summed E-state index contributed by atoms with van der Waals surface area (Å²) in [6, 6.07) is 5.48.